The van der Waals surface area contributed by atoms with E-state index in [2.05, 4.69) is 15.1 Å². The van der Waals surface area contributed by atoms with Crippen LogP contribution < -0.4 is 11.5 Å². The first kappa shape index (κ1) is 12.1. The third-order valence-corrected chi connectivity index (χ3v) is 2.29. The van der Waals surface area contributed by atoms with E-state index in [1.807, 2.05) is 0 Å². The largest absolute Gasteiger partial charge is 0.368 e. The number of hydrogen-bond acceptors (Lipinski definition) is 2. The van der Waals surface area contributed by atoms with Gasteiger partial charge in [0, 0.05) is 17.4 Å². The zero-order valence-electron chi connectivity index (χ0n) is 9.36. The number of rotatable bonds is 1. The molecule has 0 aliphatic carbocycles. The van der Waals surface area contributed by atoms with Crippen LogP contribution in [0.15, 0.2) is 52.7 Å². The fraction of sp³-hybridized carbons (Fsp3) is 0. The van der Waals surface area contributed by atoms with Gasteiger partial charge in [-0.3, -0.25) is 0 Å². The predicted octanol–water partition coefficient (Wildman–Crippen LogP) is 1.35. The van der Waals surface area contributed by atoms with Gasteiger partial charge in [0.15, 0.2) is 0 Å². The van der Waals surface area contributed by atoms with E-state index >= 15 is 0 Å². The standard InChI is InChI=1S/C11H11ClN6/c12-8-2-4-9(5-3-8)16-10(13)17-11(14)18-7-1-6-15-18/h1-7H,(H4,13,14,16,17). The number of hydrogen-bond donors (Lipinski definition) is 2. The van der Waals surface area contributed by atoms with Gasteiger partial charge in [-0.15, -0.1) is 0 Å². The lowest BCUT2D eigenvalue weighted by Crippen LogP contribution is -2.26. The third-order valence-electron chi connectivity index (χ3n) is 2.04. The summed E-state index contributed by atoms with van der Waals surface area (Å²) in [5.41, 5.74) is 12.0. The average molecular weight is 263 g/mol. The summed E-state index contributed by atoms with van der Waals surface area (Å²) in [6.45, 7) is 0. The van der Waals surface area contributed by atoms with Crippen molar-refractivity contribution in [3.63, 3.8) is 0 Å². The number of aliphatic imine (C=N–C) groups is 2. The van der Waals surface area contributed by atoms with Gasteiger partial charge in [0.25, 0.3) is 0 Å². The molecule has 0 radical (unpaired) electrons. The number of halogens is 1. The van der Waals surface area contributed by atoms with Crippen LogP contribution >= 0.6 is 11.6 Å². The maximum absolute atomic E-state index is 5.76. The summed E-state index contributed by atoms with van der Waals surface area (Å²) in [4.78, 5) is 8.00. The van der Waals surface area contributed by atoms with E-state index < -0.39 is 0 Å². The van der Waals surface area contributed by atoms with E-state index in [-0.39, 0.29) is 11.9 Å². The molecule has 1 heterocycles. The van der Waals surface area contributed by atoms with Gasteiger partial charge < -0.3 is 11.5 Å². The molecule has 0 saturated carbocycles. The molecule has 1 aromatic heterocycles. The minimum atomic E-state index is 0.0466. The Kier molecular flexibility index (Phi) is 3.59. The van der Waals surface area contributed by atoms with Crippen molar-refractivity contribution in [1.82, 2.24) is 9.78 Å². The smallest absolute Gasteiger partial charge is 0.224 e. The number of benzene rings is 1. The molecule has 0 unspecified atom stereocenters. The molecule has 7 heteroatoms. The molecule has 0 bridgehead atoms. The quantitative estimate of drug-likeness (QED) is 0.600. The number of nitrogens with two attached hydrogens (primary N) is 2. The van der Waals surface area contributed by atoms with Gasteiger partial charge in [0.2, 0.25) is 11.9 Å². The molecule has 0 amide bonds. The summed E-state index contributed by atoms with van der Waals surface area (Å²) in [7, 11) is 0. The van der Waals surface area contributed by atoms with Crippen molar-refractivity contribution in [2.75, 3.05) is 0 Å². The molecule has 0 aliphatic rings. The molecule has 2 aromatic rings. The van der Waals surface area contributed by atoms with E-state index in [4.69, 9.17) is 23.1 Å². The van der Waals surface area contributed by atoms with Crippen molar-refractivity contribution in [3.05, 3.63) is 47.7 Å². The molecule has 1 aromatic carbocycles. The molecule has 2 rings (SSSR count). The maximum Gasteiger partial charge on any atom is 0.224 e. The summed E-state index contributed by atoms with van der Waals surface area (Å²) in [5.74, 6) is 0.195. The zero-order valence-corrected chi connectivity index (χ0v) is 10.1. The third kappa shape index (κ3) is 3.08. The monoisotopic (exact) mass is 262 g/mol. The topological polar surface area (TPSA) is 94.6 Å². The summed E-state index contributed by atoms with van der Waals surface area (Å²) < 4.78 is 1.39. The lowest BCUT2D eigenvalue weighted by Gasteiger charge is -1.99. The highest BCUT2D eigenvalue weighted by Crippen LogP contribution is 2.15. The maximum atomic E-state index is 5.76. The molecule has 18 heavy (non-hydrogen) atoms. The SMILES string of the molecule is NC(=Nc1ccc(Cl)cc1)N=C(N)n1cccn1. The molecule has 0 saturated heterocycles. The minimum Gasteiger partial charge on any atom is -0.368 e. The van der Waals surface area contributed by atoms with Crippen molar-refractivity contribution in [1.29, 1.82) is 0 Å². The zero-order chi connectivity index (χ0) is 13.0. The van der Waals surface area contributed by atoms with E-state index in [9.17, 15) is 0 Å². The van der Waals surface area contributed by atoms with Crippen LogP contribution in [0.25, 0.3) is 0 Å². The summed E-state index contributed by atoms with van der Waals surface area (Å²) >= 11 is 5.76. The second kappa shape index (κ2) is 5.33. The fourth-order valence-corrected chi connectivity index (χ4v) is 1.37. The van der Waals surface area contributed by atoms with E-state index in [1.165, 1.54) is 4.68 Å². The fourth-order valence-electron chi connectivity index (χ4n) is 1.25. The van der Waals surface area contributed by atoms with Gasteiger partial charge in [-0.25, -0.2) is 9.67 Å². The first-order valence-corrected chi connectivity index (χ1v) is 5.47. The summed E-state index contributed by atoms with van der Waals surface area (Å²) in [6, 6.07) is 8.63. The van der Waals surface area contributed by atoms with Crippen LogP contribution in [0.5, 0.6) is 0 Å². The van der Waals surface area contributed by atoms with Gasteiger partial charge >= 0.3 is 0 Å². The molecule has 4 N–H and O–H groups in total. The van der Waals surface area contributed by atoms with E-state index in [1.54, 1.807) is 42.7 Å². The predicted molar refractivity (Wildman–Crippen MR) is 72.0 cm³/mol. The van der Waals surface area contributed by atoms with Gasteiger partial charge in [-0.05, 0) is 30.3 Å². The Morgan fingerprint density at radius 3 is 2.56 bits per heavy atom. The summed E-state index contributed by atoms with van der Waals surface area (Å²) in [5, 5.41) is 4.55. The molecule has 0 fully saturated rings. The Morgan fingerprint density at radius 2 is 1.94 bits per heavy atom. The van der Waals surface area contributed by atoms with Gasteiger partial charge in [-0.1, -0.05) is 11.6 Å². The number of nitrogens with zero attached hydrogens (tertiary/aromatic N) is 4. The highest BCUT2D eigenvalue weighted by atomic mass is 35.5. The van der Waals surface area contributed by atoms with E-state index in [0.717, 1.165) is 0 Å². The van der Waals surface area contributed by atoms with Gasteiger partial charge in [-0.2, -0.15) is 10.1 Å². The average Bonchev–Trinajstić information content (AvgIpc) is 2.85. The number of guanidine groups is 1. The highest BCUT2D eigenvalue weighted by Gasteiger charge is 1.98. The minimum absolute atomic E-state index is 0.0466. The van der Waals surface area contributed by atoms with Gasteiger partial charge in [0.05, 0.1) is 5.69 Å². The van der Waals surface area contributed by atoms with Gasteiger partial charge in [0.1, 0.15) is 0 Å². The van der Waals surface area contributed by atoms with Crippen molar-refractivity contribution >= 4 is 29.2 Å². The van der Waals surface area contributed by atoms with Crippen molar-refractivity contribution in [2.45, 2.75) is 0 Å². The normalized spacial score (nSPS) is 12.7. The Hall–Kier alpha value is -2.34. The first-order valence-electron chi connectivity index (χ1n) is 5.09. The molecule has 0 atom stereocenters. The Balaban J connectivity index is 2.19. The Labute approximate surface area is 109 Å². The lowest BCUT2D eigenvalue weighted by atomic mass is 10.3. The van der Waals surface area contributed by atoms with E-state index in [0.29, 0.717) is 10.7 Å². The molecule has 6 nitrogen and oxygen atoms in total. The first-order chi connectivity index (χ1) is 8.65. The van der Waals surface area contributed by atoms with Crippen LogP contribution in [0.4, 0.5) is 5.69 Å². The van der Waals surface area contributed by atoms with Crippen LogP contribution in [-0.4, -0.2) is 21.7 Å². The van der Waals surface area contributed by atoms with Crippen molar-refractivity contribution < 1.29 is 0 Å². The Bertz CT molecular complexity index is 570. The van der Waals surface area contributed by atoms with Crippen molar-refractivity contribution in [3.8, 4) is 0 Å². The van der Waals surface area contributed by atoms with Crippen molar-refractivity contribution in [2.24, 2.45) is 21.5 Å². The molecule has 0 aliphatic heterocycles. The molecular weight excluding hydrogens is 252 g/mol. The number of aromatic nitrogens is 2. The van der Waals surface area contributed by atoms with Crippen LogP contribution in [0.3, 0.4) is 0 Å². The Morgan fingerprint density at radius 1 is 1.22 bits per heavy atom. The second-order valence-electron chi connectivity index (χ2n) is 3.37. The van der Waals surface area contributed by atoms with Crippen LogP contribution in [-0.2, 0) is 0 Å². The van der Waals surface area contributed by atoms with Crippen LogP contribution in [0.2, 0.25) is 5.02 Å². The lowest BCUT2D eigenvalue weighted by molar-refractivity contribution is 0.921. The second-order valence-corrected chi connectivity index (χ2v) is 3.80. The molecule has 92 valence electrons. The van der Waals surface area contributed by atoms with Crippen LogP contribution in [0, 0.1) is 0 Å². The highest BCUT2D eigenvalue weighted by molar-refractivity contribution is 6.30. The molecule has 0 spiro atoms. The van der Waals surface area contributed by atoms with Crippen LogP contribution in [0.1, 0.15) is 0 Å². The molecular formula is C11H11ClN6. The summed E-state index contributed by atoms with van der Waals surface area (Å²) in [6.07, 6.45) is 3.25.